The standard InChI is InChI=1S/C21H23N5OS/c1-4-12-26-19(18-6-5-11-22-14-18)24-25-21(26)28-16(3)20(27)23-13-17-9-7-15(2)8-10-17/h4-11,14,16H,1,12-13H2,2-3H3,(H,23,27)/t16-/m0/s1. The molecule has 2 aromatic heterocycles. The van der Waals surface area contributed by atoms with Crippen LogP contribution in [0.1, 0.15) is 18.1 Å². The molecule has 2 heterocycles. The summed E-state index contributed by atoms with van der Waals surface area (Å²) < 4.78 is 1.94. The van der Waals surface area contributed by atoms with Crippen molar-refractivity contribution in [3.8, 4) is 11.4 Å². The Bertz CT molecular complexity index is 937. The Morgan fingerprint density at radius 1 is 1.29 bits per heavy atom. The van der Waals surface area contributed by atoms with Gasteiger partial charge in [-0.3, -0.25) is 14.3 Å². The van der Waals surface area contributed by atoms with E-state index in [4.69, 9.17) is 0 Å². The van der Waals surface area contributed by atoms with Crippen LogP contribution in [-0.2, 0) is 17.9 Å². The number of aromatic nitrogens is 4. The van der Waals surface area contributed by atoms with Crippen LogP contribution in [0.5, 0.6) is 0 Å². The molecule has 0 bridgehead atoms. The number of carbonyl (C=O) groups excluding carboxylic acids is 1. The maximum absolute atomic E-state index is 12.5. The molecule has 3 aromatic rings. The number of aryl methyl sites for hydroxylation is 1. The Hall–Kier alpha value is -2.93. The second-order valence-corrected chi connectivity index (χ2v) is 7.72. The Kier molecular flexibility index (Phi) is 6.60. The van der Waals surface area contributed by atoms with Crippen molar-refractivity contribution in [2.75, 3.05) is 0 Å². The van der Waals surface area contributed by atoms with Crippen LogP contribution in [0.2, 0.25) is 0 Å². The van der Waals surface area contributed by atoms with Crippen LogP contribution in [0.15, 0.2) is 66.6 Å². The Labute approximate surface area is 169 Å². The van der Waals surface area contributed by atoms with E-state index in [2.05, 4.69) is 27.1 Å². The number of pyridine rings is 1. The average Bonchev–Trinajstić information content (AvgIpc) is 3.10. The van der Waals surface area contributed by atoms with Crippen molar-refractivity contribution in [3.05, 3.63) is 72.6 Å². The van der Waals surface area contributed by atoms with Gasteiger partial charge in [0.05, 0.1) is 5.25 Å². The molecule has 0 fully saturated rings. The molecule has 0 aliphatic heterocycles. The highest BCUT2D eigenvalue weighted by Crippen LogP contribution is 2.26. The molecule has 0 aliphatic carbocycles. The van der Waals surface area contributed by atoms with Crippen molar-refractivity contribution < 1.29 is 4.79 Å². The van der Waals surface area contributed by atoms with E-state index in [0.717, 1.165) is 11.1 Å². The number of carbonyl (C=O) groups is 1. The van der Waals surface area contributed by atoms with Gasteiger partial charge in [0.2, 0.25) is 5.91 Å². The summed E-state index contributed by atoms with van der Waals surface area (Å²) in [7, 11) is 0. The largest absolute Gasteiger partial charge is 0.351 e. The number of rotatable bonds is 8. The number of benzene rings is 1. The zero-order chi connectivity index (χ0) is 19.9. The third-order valence-corrected chi connectivity index (χ3v) is 5.27. The third kappa shape index (κ3) is 4.86. The lowest BCUT2D eigenvalue weighted by atomic mass is 10.1. The Morgan fingerprint density at radius 3 is 2.75 bits per heavy atom. The maximum Gasteiger partial charge on any atom is 0.233 e. The topological polar surface area (TPSA) is 72.7 Å². The highest BCUT2D eigenvalue weighted by atomic mass is 32.2. The molecule has 28 heavy (non-hydrogen) atoms. The second kappa shape index (κ2) is 9.32. The number of hydrogen-bond acceptors (Lipinski definition) is 5. The fraction of sp³-hybridized carbons (Fsp3) is 0.238. The number of thioether (sulfide) groups is 1. The van der Waals surface area contributed by atoms with Crippen LogP contribution < -0.4 is 5.32 Å². The number of allylic oxidation sites excluding steroid dienone is 1. The molecule has 144 valence electrons. The van der Waals surface area contributed by atoms with E-state index >= 15 is 0 Å². The smallest absolute Gasteiger partial charge is 0.233 e. The van der Waals surface area contributed by atoms with E-state index in [1.54, 1.807) is 18.5 Å². The first-order valence-corrected chi connectivity index (χ1v) is 9.91. The number of amides is 1. The number of nitrogens with zero attached hydrogens (tertiary/aromatic N) is 4. The van der Waals surface area contributed by atoms with Gasteiger partial charge in [0.25, 0.3) is 0 Å². The molecule has 0 saturated heterocycles. The molecule has 0 radical (unpaired) electrons. The molecule has 0 saturated carbocycles. The fourth-order valence-electron chi connectivity index (χ4n) is 2.63. The van der Waals surface area contributed by atoms with Crippen molar-refractivity contribution >= 4 is 17.7 Å². The molecule has 1 N–H and O–H groups in total. The van der Waals surface area contributed by atoms with Gasteiger partial charge in [0.15, 0.2) is 11.0 Å². The predicted molar refractivity (Wildman–Crippen MR) is 112 cm³/mol. The van der Waals surface area contributed by atoms with E-state index in [0.29, 0.717) is 24.1 Å². The summed E-state index contributed by atoms with van der Waals surface area (Å²) >= 11 is 1.38. The minimum atomic E-state index is -0.306. The van der Waals surface area contributed by atoms with Crippen molar-refractivity contribution in [1.29, 1.82) is 0 Å². The maximum atomic E-state index is 12.5. The molecule has 3 rings (SSSR count). The lowest BCUT2D eigenvalue weighted by Gasteiger charge is -2.13. The number of nitrogens with one attached hydrogen (secondary N) is 1. The third-order valence-electron chi connectivity index (χ3n) is 4.19. The van der Waals surface area contributed by atoms with Gasteiger partial charge in [-0.05, 0) is 31.5 Å². The molecule has 1 atom stereocenters. The molecule has 0 aliphatic rings. The first-order valence-electron chi connectivity index (χ1n) is 9.03. The molecule has 7 heteroatoms. The van der Waals surface area contributed by atoms with E-state index in [1.807, 2.05) is 54.8 Å². The molecule has 0 unspecified atom stereocenters. The van der Waals surface area contributed by atoms with E-state index in [9.17, 15) is 4.79 Å². The highest BCUT2D eigenvalue weighted by molar-refractivity contribution is 8.00. The molecular weight excluding hydrogens is 370 g/mol. The zero-order valence-corrected chi connectivity index (χ0v) is 16.8. The van der Waals surface area contributed by atoms with Gasteiger partial charge in [-0.25, -0.2) is 0 Å². The Morgan fingerprint density at radius 2 is 2.07 bits per heavy atom. The van der Waals surface area contributed by atoms with Gasteiger partial charge >= 0.3 is 0 Å². The monoisotopic (exact) mass is 393 g/mol. The predicted octanol–water partition coefficient (Wildman–Crippen LogP) is 3.63. The van der Waals surface area contributed by atoms with Gasteiger partial charge in [-0.2, -0.15) is 0 Å². The quantitative estimate of drug-likeness (QED) is 0.467. The minimum Gasteiger partial charge on any atom is -0.351 e. The highest BCUT2D eigenvalue weighted by Gasteiger charge is 2.20. The van der Waals surface area contributed by atoms with Crippen LogP contribution in [-0.4, -0.2) is 30.9 Å². The average molecular weight is 394 g/mol. The van der Waals surface area contributed by atoms with Crippen molar-refractivity contribution in [1.82, 2.24) is 25.1 Å². The second-order valence-electron chi connectivity index (χ2n) is 6.41. The van der Waals surface area contributed by atoms with Crippen LogP contribution >= 0.6 is 11.8 Å². The lowest BCUT2D eigenvalue weighted by molar-refractivity contribution is -0.120. The molecule has 6 nitrogen and oxygen atoms in total. The summed E-state index contributed by atoms with van der Waals surface area (Å²) in [6.07, 6.45) is 5.25. The number of hydrogen-bond donors (Lipinski definition) is 1. The first kappa shape index (κ1) is 19.8. The van der Waals surface area contributed by atoms with E-state index in [-0.39, 0.29) is 11.2 Å². The van der Waals surface area contributed by atoms with Crippen molar-refractivity contribution in [3.63, 3.8) is 0 Å². The summed E-state index contributed by atoms with van der Waals surface area (Å²) in [5, 5.41) is 11.9. The van der Waals surface area contributed by atoms with Crippen molar-refractivity contribution in [2.24, 2.45) is 0 Å². The lowest BCUT2D eigenvalue weighted by Crippen LogP contribution is -2.30. The summed E-state index contributed by atoms with van der Waals surface area (Å²) in [6.45, 7) is 8.78. The van der Waals surface area contributed by atoms with Gasteiger partial charge in [-0.15, -0.1) is 16.8 Å². The summed E-state index contributed by atoms with van der Waals surface area (Å²) in [6, 6.07) is 11.9. The SMILES string of the molecule is C=CCn1c(S[C@@H](C)C(=O)NCc2ccc(C)cc2)nnc1-c1cccnc1. The van der Waals surface area contributed by atoms with E-state index in [1.165, 1.54) is 17.3 Å². The van der Waals surface area contributed by atoms with Gasteiger partial charge < -0.3 is 5.32 Å². The molecule has 0 spiro atoms. The van der Waals surface area contributed by atoms with Gasteiger partial charge in [0.1, 0.15) is 0 Å². The summed E-state index contributed by atoms with van der Waals surface area (Å²) in [4.78, 5) is 16.7. The van der Waals surface area contributed by atoms with Crippen LogP contribution in [0.3, 0.4) is 0 Å². The first-order chi connectivity index (χ1) is 13.6. The van der Waals surface area contributed by atoms with E-state index < -0.39 is 0 Å². The summed E-state index contributed by atoms with van der Waals surface area (Å²) in [5.41, 5.74) is 3.15. The zero-order valence-electron chi connectivity index (χ0n) is 16.0. The Balaban J connectivity index is 1.68. The minimum absolute atomic E-state index is 0.0401. The fourth-order valence-corrected chi connectivity index (χ4v) is 3.51. The van der Waals surface area contributed by atoms with Crippen LogP contribution in [0.25, 0.3) is 11.4 Å². The van der Waals surface area contributed by atoms with Crippen molar-refractivity contribution in [2.45, 2.75) is 37.3 Å². The molecule has 1 amide bonds. The van der Waals surface area contributed by atoms with Gasteiger partial charge in [0, 0.05) is 31.0 Å². The molecule has 1 aromatic carbocycles. The summed E-state index contributed by atoms with van der Waals surface area (Å²) in [5.74, 6) is 0.671. The normalized spacial score (nSPS) is 11.8. The molecular formula is C21H23N5OS. The van der Waals surface area contributed by atoms with Crippen LogP contribution in [0, 0.1) is 6.92 Å². The van der Waals surface area contributed by atoms with Crippen LogP contribution in [0.4, 0.5) is 0 Å². The van der Waals surface area contributed by atoms with Gasteiger partial charge in [-0.1, -0.05) is 47.7 Å².